The molecule has 0 spiro atoms. The minimum atomic E-state index is 0.883. The van der Waals surface area contributed by atoms with Crippen molar-refractivity contribution in [3.63, 3.8) is 0 Å². The van der Waals surface area contributed by atoms with Crippen LogP contribution < -0.4 is 4.74 Å². The van der Waals surface area contributed by atoms with Gasteiger partial charge in [0, 0.05) is 12.6 Å². The lowest BCUT2D eigenvalue weighted by molar-refractivity contribution is 0.414. The van der Waals surface area contributed by atoms with Crippen molar-refractivity contribution in [2.75, 3.05) is 7.11 Å². The molecule has 0 saturated heterocycles. The van der Waals surface area contributed by atoms with E-state index >= 15 is 0 Å². The molecule has 0 amide bonds. The Morgan fingerprint density at radius 3 is 3.00 bits per heavy atom. The van der Waals surface area contributed by atoms with Crippen LogP contribution in [0.1, 0.15) is 11.1 Å². The number of hydrogen-bond donors (Lipinski definition) is 1. The number of nitrogens with zero attached hydrogens (tertiary/aromatic N) is 1. The molecule has 3 heteroatoms. The molecule has 0 atom stereocenters. The number of rotatable bonds is 3. The third-order valence-corrected chi connectivity index (χ3v) is 2.10. The number of methoxy groups -OCH3 is 1. The minimum Gasteiger partial charge on any atom is -0.497 e. The molecule has 3 nitrogen and oxygen atoms in total. The normalized spacial score (nSPS) is 10.1. The largest absolute Gasteiger partial charge is 0.497 e. The molecule has 0 aliphatic carbocycles. The van der Waals surface area contributed by atoms with Gasteiger partial charge in [0.1, 0.15) is 5.75 Å². The molecule has 0 fully saturated rings. The first-order valence-electron chi connectivity index (χ1n) is 4.49. The zero-order chi connectivity index (χ0) is 9.80. The van der Waals surface area contributed by atoms with Crippen molar-refractivity contribution in [2.45, 2.75) is 6.42 Å². The van der Waals surface area contributed by atoms with Gasteiger partial charge in [-0.05, 0) is 23.3 Å². The Morgan fingerprint density at radius 1 is 1.36 bits per heavy atom. The van der Waals surface area contributed by atoms with Crippen LogP contribution in [0, 0.1) is 0 Å². The van der Waals surface area contributed by atoms with Gasteiger partial charge >= 0.3 is 0 Å². The highest BCUT2D eigenvalue weighted by molar-refractivity contribution is 5.31. The Kier molecular flexibility index (Phi) is 2.49. The van der Waals surface area contributed by atoms with Crippen LogP contribution in [0.25, 0.3) is 0 Å². The van der Waals surface area contributed by atoms with Gasteiger partial charge in [-0.25, -0.2) is 0 Å². The first kappa shape index (κ1) is 8.81. The maximum absolute atomic E-state index is 5.15. The summed E-state index contributed by atoms with van der Waals surface area (Å²) in [6, 6.07) is 8.05. The van der Waals surface area contributed by atoms with E-state index in [0.29, 0.717) is 0 Å². The van der Waals surface area contributed by atoms with E-state index < -0.39 is 0 Å². The van der Waals surface area contributed by atoms with E-state index in [0.717, 1.165) is 12.2 Å². The molecule has 1 aromatic heterocycles. The van der Waals surface area contributed by atoms with E-state index in [-0.39, 0.29) is 0 Å². The van der Waals surface area contributed by atoms with Gasteiger partial charge in [0.2, 0.25) is 0 Å². The maximum Gasteiger partial charge on any atom is 0.119 e. The molecule has 0 bridgehead atoms. The monoisotopic (exact) mass is 188 g/mol. The van der Waals surface area contributed by atoms with Gasteiger partial charge in [-0.1, -0.05) is 12.1 Å². The van der Waals surface area contributed by atoms with Crippen LogP contribution in [0.5, 0.6) is 5.75 Å². The van der Waals surface area contributed by atoms with Crippen LogP contribution in [-0.2, 0) is 6.42 Å². The van der Waals surface area contributed by atoms with Gasteiger partial charge < -0.3 is 4.74 Å². The zero-order valence-corrected chi connectivity index (χ0v) is 8.03. The van der Waals surface area contributed by atoms with Crippen molar-refractivity contribution in [3.05, 3.63) is 47.8 Å². The van der Waals surface area contributed by atoms with E-state index in [2.05, 4.69) is 16.3 Å². The standard InChI is InChI=1S/C11H12N2O/c1-14-11-4-2-3-9(6-11)5-10-7-12-13-8-10/h2-4,6-8H,5H2,1H3,(H,12,13). The van der Waals surface area contributed by atoms with Crippen LogP contribution in [-0.4, -0.2) is 17.3 Å². The smallest absolute Gasteiger partial charge is 0.119 e. The molecule has 1 heterocycles. The fourth-order valence-electron chi connectivity index (χ4n) is 1.39. The second kappa shape index (κ2) is 3.96. The summed E-state index contributed by atoms with van der Waals surface area (Å²) in [5, 5.41) is 6.70. The fraction of sp³-hybridized carbons (Fsp3) is 0.182. The third kappa shape index (κ3) is 1.93. The van der Waals surface area contributed by atoms with E-state index in [1.54, 1.807) is 7.11 Å². The number of benzene rings is 1. The predicted octanol–water partition coefficient (Wildman–Crippen LogP) is 2.01. The number of ether oxygens (including phenoxy) is 1. The molecule has 0 unspecified atom stereocenters. The molecule has 72 valence electrons. The minimum absolute atomic E-state index is 0.883. The van der Waals surface area contributed by atoms with E-state index in [9.17, 15) is 0 Å². The summed E-state index contributed by atoms with van der Waals surface area (Å²) in [5.74, 6) is 0.894. The van der Waals surface area contributed by atoms with Crippen molar-refractivity contribution in [1.82, 2.24) is 10.2 Å². The quantitative estimate of drug-likeness (QED) is 0.800. The average Bonchev–Trinajstić information content (AvgIpc) is 2.71. The Balaban J connectivity index is 2.17. The van der Waals surface area contributed by atoms with Crippen LogP contribution in [0.3, 0.4) is 0 Å². The van der Waals surface area contributed by atoms with Gasteiger partial charge in [-0.2, -0.15) is 5.10 Å². The predicted molar refractivity (Wildman–Crippen MR) is 54.4 cm³/mol. The highest BCUT2D eigenvalue weighted by atomic mass is 16.5. The second-order valence-corrected chi connectivity index (χ2v) is 3.13. The van der Waals surface area contributed by atoms with Gasteiger partial charge in [-0.3, -0.25) is 5.10 Å². The summed E-state index contributed by atoms with van der Waals surface area (Å²) in [6.07, 6.45) is 4.62. The number of hydrogen-bond acceptors (Lipinski definition) is 2. The maximum atomic E-state index is 5.15. The highest BCUT2D eigenvalue weighted by Crippen LogP contribution is 2.15. The Morgan fingerprint density at radius 2 is 2.29 bits per heavy atom. The van der Waals surface area contributed by atoms with Crippen LogP contribution >= 0.6 is 0 Å². The van der Waals surface area contributed by atoms with Crippen LogP contribution in [0.4, 0.5) is 0 Å². The lowest BCUT2D eigenvalue weighted by Crippen LogP contribution is -1.88. The summed E-state index contributed by atoms with van der Waals surface area (Å²) < 4.78 is 5.15. The summed E-state index contributed by atoms with van der Waals surface area (Å²) in [6.45, 7) is 0. The Hall–Kier alpha value is -1.77. The molecule has 0 aliphatic rings. The van der Waals surface area contributed by atoms with Gasteiger partial charge in [0.25, 0.3) is 0 Å². The molecular formula is C11H12N2O. The summed E-state index contributed by atoms with van der Waals surface area (Å²) >= 11 is 0. The molecule has 0 radical (unpaired) electrons. The SMILES string of the molecule is COc1cccc(Cc2cn[nH]c2)c1. The molecule has 1 aromatic carbocycles. The topological polar surface area (TPSA) is 37.9 Å². The van der Waals surface area contributed by atoms with E-state index in [1.165, 1.54) is 11.1 Å². The summed E-state index contributed by atoms with van der Waals surface area (Å²) in [7, 11) is 1.68. The lowest BCUT2D eigenvalue weighted by Gasteiger charge is -2.02. The molecule has 1 N–H and O–H groups in total. The van der Waals surface area contributed by atoms with Crippen molar-refractivity contribution in [3.8, 4) is 5.75 Å². The number of H-pyrrole nitrogens is 1. The molecular weight excluding hydrogens is 176 g/mol. The summed E-state index contributed by atoms with van der Waals surface area (Å²) in [4.78, 5) is 0. The highest BCUT2D eigenvalue weighted by Gasteiger charge is 1.98. The van der Waals surface area contributed by atoms with Crippen LogP contribution in [0.15, 0.2) is 36.7 Å². The number of nitrogens with one attached hydrogen (secondary N) is 1. The number of aromatic nitrogens is 2. The van der Waals surface area contributed by atoms with Crippen molar-refractivity contribution >= 4 is 0 Å². The zero-order valence-electron chi connectivity index (χ0n) is 8.03. The molecule has 2 rings (SSSR count). The number of aromatic amines is 1. The van der Waals surface area contributed by atoms with Crippen molar-refractivity contribution < 1.29 is 4.74 Å². The average molecular weight is 188 g/mol. The van der Waals surface area contributed by atoms with Gasteiger partial charge in [-0.15, -0.1) is 0 Å². The molecule has 2 aromatic rings. The third-order valence-electron chi connectivity index (χ3n) is 2.10. The Labute approximate surface area is 82.7 Å². The lowest BCUT2D eigenvalue weighted by atomic mass is 10.1. The second-order valence-electron chi connectivity index (χ2n) is 3.13. The fourth-order valence-corrected chi connectivity index (χ4v) is 1.39. The van der Waals surface area contributed by atoms with E-state index in [4.69, 9.17) is 4.74 Å². The van der Waals surface area contributed by atoms with Gasteiger partial charge in [0.05, 0.1) is 13.3 Å². The van der Waals surface area contributed by atoms with Gasteiger partial charge in [0.15, 0.2) is 0 Å². The molecule has 0 aliphatic heterocycles. The van der Waals surface area contributed by atoms with Crippen molar-refractivity contribution in [2.24, 2.45) is 0 Å². The first-order chi connectivity index (χ1) is 6.88. The first-order valence-corrected chi connectivity index (χ1v) is 4.49. The van der Waals surface area contributed by atoms with E-state index in [1.807, 2.05) is 30.6 Å². The van der Waals surface area contributed by atoms with Crippen molar-refractivity contribution in [1.29, 1.82) is 0 Å². The van der Waals surface area contributed by atoms with Crippen LogP contribution in [0.2, 0.25) is 0 Å². The molecule has 0 saturated carbocycles. The Bertz CT molecular complexity index is 395. The molecule has 14 heavy (non-hydrogen) atoms. The summed E-state index contributed by atoms with van der Waals surface area (Å²) in [5.41, 5.74) is 2.41.